The van der Waals surface area contributed by atoms with Gasteiger partial charge in [0.05, 0.1) is 32.4 Å². The van der Waals surface area contributed by atoms with E-state index in [0.717, 1.165) is 0 Å². The smallest absolute Gasteiger partial charge is 0.266 e. The van der Waals surface area contributed by atoms with Crippen molar-refractivity contribution in [3.63, 3.8) is 0 Å². The molecule has 1 aromatic heterocycles. The Morgan fingerprint density at radius 1 is 0.917 bits per heavy atom. The number of fused-ring (bicyclic) bond motifs is 1. The topological polar surface area (TPSA) is 49.7 Å². The lowest BCUT2D eigenvalue weighted by Crippen LogP contribution is -2.18. The Hall–Kier alpha value is -3.02. The Labute approximate surface area is 137 Å². The summed E-state index contributed by atoms with van der Waals surface area (Å²) in [6.45, 7) is 0. The van der Waals surface area contributed by atoms with Crippen LogP contribution in [0.15, 0.2) is 47.4 Å². The van der Waals surface area contributed by atoms with Crippen LogP contribution in [0.2, 0.25) is 0 Å². The number of hydrogen-bond donors (Lipinski definition) is 0. The van der Waals surface area contributed by atoms with Gasteiger partial charge in [0.2, 0.25) is 0 Å². The molecule has 1 heterocycles. The largest absolute Gasteiger partial charge is 0.497 e. The minimum Gasteiger partial charge on any atom is -0.497 e. The van der Waals surface area contributed by atoms with E-state index in [9.17, 15) is 9.18 Å². The molecule has 0 saturated heterocycles. The molecule has 0 aliphatic rings. The van der Waals surface area contributed by atoms with Gasteiger partial charge in [-0.1, -0.05) is 0 Å². The second-order valence-corrected chi connectivity index (χ2v) is 5.10. The average Bonchev–Trinajstić information content (AvgIpc) is 2.60. The van der Waals surface area contributed by atoms with Crippen LogP contribution in [0, 0.1) is 5.82 Å². The highest BCUT2D eigenvalue weighted by Gasteiger charge is 2.13. The molecule has 0 radical (unpaired) electrons. The third-order valence-corrected chi connectivity index (χ3v) is 3.81. The maximum atomic E-state index is 13.9. The fourth-order valence-corrected chi connectivity index (χ4v) is 2.60. The van der Waals surface area contributed by atoms with Crippen LogP contribution in [-0.2, 0) is 0 Å². The molecule has 2 aromatic carbocycles. The molecule has 5 nitrogen and oxygen atoms in total. The monoisotopic (exact) mass is 329 g/mol. The zero-order valence-electron chi connectivity index (χ0n) is 13.5. The van der Waals surface area contributed by atoms with E-state index in [1.165, 1.54) is 30.9 Å². The van der Waals surface area contributed by atoms with Crippen LogP contribution in [0.5, 0.6) is 17.2 Å². The third kappa shape index (κ3) is 2.56. The van der Waals surface area contributed by atoms with Crippen molar-refractivity contribution in [1.82, 2.24) is 4.57 Å². The van der Waals surface area contributed by atoms with E-state index in [2.05, 4.69) is 0 Å². The number of aromatic nitrogens is 1. The Morgan fingerprint density at radius 3 is 2.29 bits per heavy atom. The van der Waals surface area contributed by atoms with E-state index >= 15 is 0 Å². The highest BCUT2D eigenvalue weighted by molar-refractivity contribution is 5.89. The van der Waals surface area contributed by atoms with Crippen LogP contribution >= 0.6 is 0 Å². The SMILES string of the molecule is COc1cc(OC)c2c(=O)n(-c3ccc(OC)c(F)c3)ccc2c1. The molecular formula is C18H16FNO4. The first kappa shape index (κ1) is 15.9. The molecule has 0 saturated carbocycles. The maximum Gasteiger partial charge on any atom is 0.266 e. The molecule has 0 N–H and O–H groups in total. The van der Waals surface area contributed by atoms with Crippen molar-refractivity contribution < 1.29 is 18.6 Å². The Morgan fingerprint density at radius 2 is 1.67 bits per heavy atom. The highest BCUT2D eigenvalue weighted by atomic mass is 19.1. The van der Waals surface area contributed by atoms with Gasteiger partial charge in [0, 0.05) is 18.3 Å². The second-order valence-electron chi connectivity index (χ2n) is 5.10. The van der Waals surface area contributed by atoms with Gasteiger partial charge in [-0.25, -0.2) is 4.39 Å². The standard InChI is InChI=1S/C18H16FNO4/c1-22-13-8-11-6-7-20(18(21)17(11)16(10-13)24-3)12-4-5-15(23-2)14(19)9-12/h4-10H,1-3H3. The van der Waals surface area contributed by atoms with E-state index in [1.807, 2.05) is 0 Å². The Balaban J connectivity index is 2.26. The van der Waals surface area contributed by atoms with E-state index in [1.54, 1.807) is 37.6 Å². The van der Waals surface area contributed by atoms with E-state index in [4.69, 9.17) is 14.2 Å². The van der Waals surface area contributed by atoms with Crippen LogP contribution < -0.4 is 19.8 Å². The van der Waals surface area contributed by atoms with Gasteiger partial charge >= 0.3 is 0 Å². The molecule has 6 heteroatoms. The number of pyridine rings is 1. The number of nitrogens with zero attached hydrogens (tertiary/aromatic N) is 1. The van der Waals surface area contributed by atoms with Crippen molar-refractivity contribution in [2.24, 2.45) is 0 Å². The summed E-state index contributed by atoms with van der Waals surface area (Å²) in [5, 5.41) is 1.08. The number of ether oxygens (including phenoxy) is 3. The summed E-state index contributed by atoms with van der Waals surface area (Å²) in [6.07, 6.45) is 1.59. The van der Waals surface area contributed by atoms with Gasteiger partial charge in [-0.15, -0.1) is 0 Å². The number of hydrogen-bond acceptors (Lipinski definition) is 4. The lowest BCUT2D eigenvalue weighted by atomic mass is 10.1. The number of benzene rings is 2. The summed E-state index contributed by atoms with van der Waals surface area (Å²) in [6, 6.07) is 9.49. The molecule has 0 aliphatic carbocycles. The number of methoxy groups -OCH3 is 3. The molecule has 0 amide bonds. The second kappa shape index (κ2) is 6.23. The van der Waals surface area contributed by atoms with E-state index in [0.29, 0.717) is 28.0 Å². The molecular weight excluding hydrogens is 313 g/mol. The zero-order valence-corrected chi connectivity index (χ0v) is 13.5. The maximum absolute atomic E-state index is 13.9. The van der Waals surface area contributed by atoms with Crippen molar-refractivity contribution in [2.75, 3.05) is 21.3 Å². The molecule has 0 bridgehead atoms. The summed E-state index contributed by atoms with van der Waals surface area (Å²) >= 11 is 0. The first-order chi connectivity index (χ1) is 11.6. The number of halogens is 1. The third-order valence-electron chi connectivity index (χ3n) is 3.81. The summed E-state index contributed by atoms with van der Waals surface area (Å²) in [7, 11) is 4.42. The van der Waals surface area contributed by atoms with Crippen LogP contribution in [0.25, 0.3) is 16.5 Å². The molecule has 0 spiro atoms. The van der Waals surface area contributed by atoms with Gasteiger partial charge in [0.15, 0.2) is 11.6 Å². The van der Waals surface area contributed by atoms with Crippen molar-refractivity contribution >= 4 is 10.8 Å². The van der Waals surface area contributed by atoms with Gasteiger partial charge in [-0.2, -0.15) is 0 Å². The molecule has 3 aromatic rings. The van der Waals surface area contributed by atoms with Crippen LogP contribution in [-0.4, -0.2) is 25.9 Å². The van der Waals surface area contributed by atoms with Crippen molar-refractivity contribution in [3.8, 4) is 22.9 Å². The fourth-order valence-electron chi connectivity index (χ4n) is 2.60. The highest BCUT2D eigenvalue weighted by Crippen LogP contribution is 2.29. The summed E-state index contributed by atoms with van der Waals surface area (Å²) < 4.78 is 30.7. The Kier molecular flexibility index (Phi) is 4.12. The van der Waals surface area contributed by atoms with Gasteiger partial charge in [-0.05, 0) is 29.7 Å². The lowest BCUT2D eigenvalue weighted by Gasteiger charge is -2.12. The summed E-state index contributed by atoms with van der Waals surface area (Å²) in [5.74, 6) is 0.572. The summed E-state index contributed by atoms with van der Waals surface area (Å²) in [4.78, 5) is 12.9. The summed E-state index contributed by atoms with van der Waals surface area (Å²) in [5.41, 5.74) is 0.0923. The van der Waals surface area contributed by atoms with Crippen molar-refractivity contribution in [1.29, 1.82) is 0 Å². The lowest BCUT2D eigenvalue weighted by molar-refractivity contribution is 0.386. The average molecular weight is 329 g/mol. The first-order valence-corrected chi connectivity index (χ1v) is 7.20. The van der Waals surface area contributed by atoms with Crippen molar-refractivity contribution in [2.45, 2.75) is 0 Å². The van der Waals surface area contributed by atoms with Crippen molar-refractivity contribution in [3.05, 3.63) is 58.8 Å². The van der Waals surface area contributed by atoms with Gasteiger partial charge < -0.3 is 14.2 Å². The quantitative estimate of drug-likeness (QED) is 0.738. The number of rotatable bonds is 4. The van der Waals surface area contributed by atoms with Crippen LogP contribution in [0.4, 0.5) is 4.39 Å². The molecule has 24 heavy (non-hydrogen) atoms. The predicted octanol–water partition coefficient (Wildman–Crippen LogP) is 3.16. The first-order valence-electron chi connectivity index (χ1n) is 7.20. The van der Waals surface area contributed by atoms with E-state index < -0.39 is 5.82 Å². The fraction of sp³-hybridized carbons (Fsp3) is 0.167. The van der Waals surface area contributed by atoms with E-state index in [-0.39, 0.29) is 11.3 Å². The molecule has 124 valence electrons. The minimum atomic E-state index is -0.538. The molecule has 0 fully saturated rings. The van der Waals surface area contributed by atoms with Crippen LogP contribution in [0.3, 0.4) is 0 Å². The van der Waals surface area contributed by atoms with Crippen LogP contribution in [0.1, 0.15) is 0 Å². The minimum absolute atomic E-state index is 0.120. The normalized spacial score (nSPS) is 10.7. The molecule has 0 aliphatic heterocycles. The van der Waals surface area contributed by atoms with Gasteiger partial charge in [-0.3, -0.25) is 9.36 Å². The molecule has 0 atom stereocenters. The zero-order chi connectivity index (χ0) is 17.3. The van der Waals surface area contributed by atoms with Gasteiger partial charge in [0.1, 0.15) is 11.5 Å². The predicted molar refractivity (Wildman–Crippen MR) is 89.2 cm³/mol. The molecule has 0 unspecified atom stereocenters. The molecule has 3 rings (SSSR count). The Bertz CT molecular complexity index is 965. The van der Waals surface area contributed by atoms with Gasteiger partial charge in [0.25, 0.3) is 5.56 Å².